The van der Waals surface area contributed by atoms with Crippen molar-refractivity contribution in [2.24, 2.45) is 0 Å². The Hall–Kier alpha value is -7.37. The van der Waals surface area contributed by atoms with Crippen molar-refractivity contribution in [1.82, 2.24) is 15.0 Å². The highest BCUT2D eigenvalue weighted by Crippen LogP contribution is 2.45. The van der Waals surface area contributed by atoms with Crippen molar-refractivity contribution < 1.29 is 9.52 Å². The van der Waals surface area contributed by atoms with Crippen molar-refractivity contribution in [3.05, 3.63) is 182 Å². The van der Waals surface area contributed by atoms with E-state index >= 15 is 0 Å². The second-order valence-electron chi connectivity index (χ2n) is 13.4. The topological polar surface area (TPSA) is 72.0 Å². The van der Waals surface area contributed by atoms with Gasteiger partial charge in [0.05, 0.1) is 0 Å². The first-order valence-corrected chi connectivity index (χ1v) is 17.9. The van der Waals surface area contributed by atoms with Crippen LogP contribution in [0, 0.1) is 0 Å². The van der Waals surface area contributed by atoms with Crippen LogP contribution < -0.4 is 0 Å². The number of aromatic nitrogens is 3. The Kier molecular flexibility index (Phi) is 7.55. The zero-order valence-corrected chi connectivity index (χ0v) is 29.0. The van der Waals surface area contributed by atoms with Crippen molar-refractivity contribution in [2.45, 2.75) is 0 Å². The van der Waals surface area contributed by atoms with Gasteiger partial charge in [0.1, 0.15) is 16.9 Å². The normalized spacial score (nSPS) is 11.4. The smallest absolute Gasteiger partial charge is 0.164 e. The molecule has 2 heterocycles. The molecule has 0 aliphatic carbocycles. The van der Waals surface area contributed by atoms with E-state index in [0.717, 1.165) is 66.1 Å². The minimum Gasteiger partial charge on any atom is -0.507 e. The Morgan fingerprint density at radius 3 is 1.70 bits per heavy atom. The number of furan rings is 1. The third-order valence-electron chi connectivity index (χ3n) is 10.1. The van der Waals surface area contributed by atoms with Crippen LogP contribution in [-0.4, -0.2) is 20.1 Å². The molecule has 0 bridgehead atoms. The van der Waals surface area contributed by atoms with Crippen LogP contribution in [0.2, 0.25) is 0 Å². The maximum atomic E-state index is 12.3. The lowest BCUT2D eigenvalue weighted by atomic mass is 9.92. The minimum absolute atomic E-state index is 0.146. The van der Waals surface area contributed by atoms with Gasteiger partial charge in [-0.2, -0.15) is 0 Å². The van der Waals surface area contributed by atoms with Crippen LogP contribution in [0.15, 0.2) is 186 Å². The summed E-state index contributed by atoms with van der Waals surface area (Å²) in [6.45, 7) is 0. The highest BCUT2D eigenvalue weighted by Gasteiger charge is 2.22. The van der Waals surface area contributed by atoms with E-state index in [0.29, 0.717) is 34.2 Å². The van der Waals surface area contributed by atoms with Gasteiger partial charge in [0.25, 0.3) is 0 Å². The molecule has 8 aromatic carbocycles. The van der Waals surface area contributed by atoms with Gasteiger partial charge in [-0.1, -0.05) is 146 Å². The van der Waals surface area contributed by atoms with Gasteiger partial charge in [-0.25, -0.2) is 15.0 Å². The molecule has 5 heteroatoms. The predicted molar refractivity (Wildman–Crippen MR) is 219 cm³/mol. The standard InChI is InChI=1S/C49H31N3O2/c53-46-39(37-25-28-44-42(30-37)40-17-9-10-18-43(40)54-44)26-27-41(45(46)34-14-5-2-6-15-34)49-51-47(35-22-19-33(20-23-35)31-11-3-1-4-12-31)50-48(52-49)38-24-21-32-13-7-8-16-36(32)29-38/h1-30,53H. The zero-order chi connectivity index (χ0) is 36.0. The highest BCUT2D eigenvalue weighted by atomic mass is 16.3. The zero-order valence-electron chi connectivity index (χ0n) is 29.0. The molecule has 0 unspecified atom stereocenters. The molecule has 0 spiro atoms. The molecule has 1 N–H and O–H groups in total. The lowest BCUT2D eigenvalue weighted by Gasteiger charge is -2.16. The number of benzene rings is 8. The van der Waals surface area contributed by atoms with Gasteiger partial charge >= 0.3 is 0 Å². The molecular formula is C49H31N3O2. The first kappa shape index (κ1) is 31.4. The molecule has 10 aromatic rings. The van der Waals surface area contributed by atoms with Crippen molar-refractivity contribution in [3.63, 3.8) is 0 Å². The summed E-state index contributed by atoms with van der Waals surface area (Å²) in [5.74, 6) is 1.70. The Bertz CT molecular complexity index is 2990. The maximum Gasteiger partial charge on any atom is 0.164 e. The first-order valence-electron chi connectivity index (χ1n) is 17.9. The van der Waals surface area contributed by atoms with Gasteiger partial charge in [-0.05, 0) is 69.4 Å². The maximum absolute atomic E-state index is 12.3. The monoisotopic (exact) mass is 693 g/mol. The van der Waals surface area contributed by atoms with Gasteiger partial charge in [0, 0.05) is 38.6 Å². The SMILES string of the molecule is Oc1c(-c2ccc3oc4ccccc4c3c2)ccc(-c2nc(-c3ccc(-c4ccccc4)cc3)nc(-c3ccc4ccccc4c3)n2)c1-c1ccccc1. The van der Waals surface area contributed by atoms with E-state index in [2.05, 4.69) is 78.9 Å². The molecule has 0 fully saturated rings. The van der Waals surface area contributed by atoms with Gasteiger partial charge in [-0.15, -0.1) is 0 Å². The van der Waals surface area contributed by atoms with Crippen molar-refractivity contribution in [2.75, 3.05) is 0 Å². The average molecular weight is 694 g/mol. The largest absolute Gasteiger partial charge is 0.507 e. The molecule has 0 radical (unpaired) electrons. The molecule has 0 aliphatic rings. The summed E-state index contributed by atoms with van der Waals surface area (Å²) in [5.41, 5.74) is 9.39. The number of para-hydroxylation sites is 1. The van der Waals surface area contributed by atoms with Gasteiger partial charge in [0.15, 0.2) is 17.5 Å². The number of hydrogen-bond donors (Lipinski definition) is 1. The quantitative estimate of drug-likeness (QED) is 0.188. The summed E-state index contributed by atoms with van der Waals surface area (Å²) in [7, 11) is 0. The van der Waals surface area contributed by atoms with Crippen molar-refractivity contribution >= 4 is 32.7 Å². The molecule has 0 atom stereocenters. The number of aromatic hydroxyl groups is 1. The van der Waals surface area contributed by atoms with Crippen molar-refractivity contribution in [1.29, 1.82) is 0 Å². The molecule has 54 heavy (non-hydrogen) atoms. The van der Waals surface area contributed by atoms with E-state index in [4.69, 9.17) is 19.4 Å². The van der Waals surface area contributed by atoms with Gasteiger partial charge < -0.3 is 9.52 Å². The second-order valence-corrected chi connectivity index (χ2v) is 13.4. The van der Waals surface area contributed by atoms with E-state index in [-0.39, 0.29) is 5.75 Å². The average Bonchev–Trinajstić information content (AvgIpc) is 3.62. The van der Waals surface area contributed by atoms with E-state index in [9.17, 15) is 5.11 Å². The minimum atomic E-state index is 0.146. The molecule has 0 saturated carbocycles. The Balaban J connectivity index is 1.17. The fraction of sp³-hybridized carbons (Fsp3) is 0. The number of fused-ring (bicyclic) bond motifs is 4. The van der Waals surface area contributed by atoms with E-state index in [1.165, 1.54) is 0 Å². The molecule has 0 saturated heterocycles. The van der Waals surface area contributed by atoms with E-state index < -0.39 is 0 Å². The third-order valence-corrected chi connectivity index (χ3v) is 10.1. The summed E-state index contributed by atoms with van der Waals surface area (Å²) in [6.07, 6.45) is 0. The van der Waals surface area contributed by atoms with Crippen molar-refractivity contribution in [3.8, 4) is 73.3 Å². The number of phenolic OH excluding ortho intramolecular Hbond substituents is 1. The summed E-state index contributed by atoms with van der Waals surface area (Å²) in [4.78, 5) is 15.3. The van der Waals surface area contributed by atoms with Gasteiger partial charge in [0.2, 0.25) is 0 Å². The van der Waals surface area contributed by atoms with Crippen LogP contribution in [0.3, 0.4) is 0 Å². The van der Waals surface area contributed by atoms with Crippen LogP contribution in [0.5, 0.6) is 5.75 Å². The highest BCUT2D eigenvalue weighted by molar-refractivity contribution is 6.07. The van der Waals surface area contributed by atoms with Crippen LogP contribution in [-0.2, 0) is 0 Å². The molecule has 10 rings (SSSR count). The number of phenols is 1. The van der Waals surface area contributed by atoms with Crippen LogP contribution in [0.25, 0.3) is 100 Å². The van der Waals surface area contributed by atoms with Crippen LogP contribution in [0.4, 0.5) is 0 Å². The molecular weight excluding hydrogens is 663 g/mol. The Labute approximate surface area is 311 Å². The lowest BCUT2D eigenvalue weighted by molar-refractivity contribution is 0.479. The Morgan fingerprint density at radius 2 is 0.907 bits per heavy atom. The lowest BCUT2D eigenvalue weighted by Crippen LogP contribution is -2.01. The van der Waals surface area contributed by atoms with Crippen LogP contribution in [0.1, 0.15) is 0 Å². The number of rotatable bonds is 6. The summed E-state index contributed by atoms with van der Waals surface area (Å²) in [6, 6.07) is 61.1. The molecule has 5 nitrogen and oxygen atoms in total. The van der Waals surface area contributed by atoms with E-state index in [1.807, 2.05) is 103 Å². The fourth-order valence-electron chi connectivity index (χ4n) is 7.33. The summed E-state index contributed by atoms with van der Waals surface area (Å²) in [5, 5.41) is 16.6. The fourth-order valence-corrected chi connectivity index (χ4v) is 7.33. The molecule has 254 valence electrons. The number of hydrogen-bond acceptors (Lipinski definition) is 5. The van der Waals surface area contributed by atoms with E-state index in [1.54, 1.807) is 0 Å². The molecule has 0 aliphatic heterocycles. The second kappa shape index (κ2) is 13.0. The number of nitrogens with zero attached hydrogens (tertiary/aromatic N) is 3. The molecule has 0 amide bonds. The van der Waals surface area contributed by atoms with Crippen LogP contribution >= 0.6 is 0 Å². The Morgan fingerprint density at radius 1 is 0.352 bits per heavy atom. The third kappa shape index (κ3) is 5.56. The first-order chi connectivity index (χ1) is 26.7. The summed E-state index contributed by atoms with van der Waals surface area (Å²) >= 11 is 0. The molecule has 2 aromatic heterocycles. The summed E-state index contributed by atoms with van der Waals surface area (Å²) < 4.78 is 6.11. The van der Waals surface area contributed by atoms with Gasteiger partial charge in [-0.3, -0.25) is 0 Å². The predicted octanol–water partition coefficient (Wildman–Crippen LogP) is 12.6.